The minimum absolute atomic E-state index is 0. The van der Waals surface area contributed by atoms with Crippen LogP contribution in [0.1, 0.15) is 6.42 Å². The Bertz CT molecular complexity index is 843. The van der Waals surface area contributed by atoms with Crippen molar-refractivity contribution in [2.24, 2.45) is 0 Å². The molecule has 0 spiro atoms. The van der Waals surface area contributed by atoms with E-state index in [9.17, 15) is 0 Å². The maximum atomic E-state index is 4.11. The van der Waals surface area contributed by atoms with Gasteiger partial charge in [0.25, 0.3) is 0 Å². The SMILES string of the molecule is Cl.Cl.[CH3][Zr]([CH3])([CH3])([CH3])([CH3])([CH3])(=[SiH2])([NH]c1ccccc1)[C]1=CC=CC1. The van der Waals surface area contributed by atoms with Crippen LogP contribution in [0.25, 0.3) is 0 Å². The molecule has 0 fully saturated rings. The van der Waals surface area contributed by atoms with Crippen molar-refractivity contribution in [3.8, 4) is 0 Å². The molecule has 0 aliphatic heterocycles. The number of nitrogens with one attached hydrogen (secondary N) is 1. The van der Waals surface area contributed by atoms with Crippen molar-refractivity contribution in [2.75, 3.05) is 3.26 Å². The van der Waals surface area contributed by atoms with Gasteiger partial charge in [-0.1, -0.05) is 0 Å². The third kappa shape index (κ3) is 4.38. The Labute approximate surface area is 137 Å². The summed E-state index contributed by atoms with van der Waals surface area (Å²) in [5.74, 6) is 0. The van der Waals surface area contributed by atoms with E-state index in [2.05, 4.69) is 86.5 Å². The summed E-state index contributed by atoms with van der Waals surface area (Å²) in [6.45, 7) is 2.20. The Kier molecular flexibility index (Phi) is 3.19. The molecule has 0 unspecified atom stereocenters. The molecular formula is C17H33Cl2NSiZr. The Morgan fingerprint density at radius 1 is 0.909 bits per heavy atom. The molecule has 1 aromatic carbocycles. The number of para-hydroxylation sites is 1. The number of halogens is 2. The van der Waals surface area contributed by atoms with Crippen molar-refractivity contribution in [3.63, 3.8) is 0 Å². The van der Waals surface area contributed by atoms with Crippen LogP contribution < -0.4 is 3.26 Å². The number of anilines is 1. The summed E-state index contributed by atoms with van der Waals surface area (Å²) in [4.78, 5) is 0. The molecule has 0 saturated carbocycles. The second-order valence-electron chi connectivity index (χ2n) is 15.9. The van der Waals surface area contributed by atoms with Crippen molar-refractivity contribution in [1.29, 1.82) is 0 Å². The van der Waals surface area contributed by atoms with Gasteiger partial charge in [0.2, 0.25) is 0 Å². The first-order valence-electron chi connectivity index (χ1n) is 7.73. The number of rotatable bonds is 3. The van der Waals surface area contributed by atoms with Gasteiger partial charge in [0, 0.05) is 0 Å². The summed E-state index contributed by atoms with van der Waals surface area (Å²) >= 11 is -5.09. The molecule has 1 nitrogen and oxygen atoms in total. The van der Waals surface area contributed by atoms with Crippen LogP contribution in [0, 0.1) is 0 Å². The molecule has 0 bridgehead atoms. The van der Waals surface area contributed by atoms with Gasteiger partial charge in [-0.15, -0.1) is 24.8 Å². The van der Waals surface area contributed by atoms with Crippen LogP contribution in [-0.4, -0.2) is 6.88 Å². The molecule has 1 aromatic rings. The molecule has 1 N–H and O–H groups in total. The van der Waals surface area contributed by atoms with E-state index in [0.29, 0.717) is 0 Å². The van der Waals surface area contributed by atoms with Gasteiger partial charge in [0.1, 0.15) is 0 Å². The zero-order chi connectivity index (χ0) is 15.6. The average molecular weight is 442 g/mol. The fourth-order valence-electron chi connectivity index (χ4n) is 3.43. The number of hydrogen-bond donors (Lipinski definition) is 1. The van der Waals surface area contributed by atoms with E-state index in [0.717, 1.165) is 6.42 Å². The van der Waals surface area contributed by atoms with Gasteiger partial charge < -0.3 is 0 Å². The molecular weight excluding hydrogens is 408 g/mol. The van der Waals surface area contributed by atoms with E-state index in [4.69, 9.17) is 0 Å². The molecule has 22 heavy (non-hydrogen) atoms. The zero-order valence-corrected chi connectivity index (χ0v) is 20.4. The van der Waals surface area contributed by atoms with Gasteiger partial charge >= 0.3 is 114 Å². The second-order valence-corrected chi connectivity index (χ2v) is 112. The fraction of sp³-hybridized carbons (Fsp3) is 0.412. The zero-order valence-electron chi connectivity index (χ0n) is 14.8. The molecule has 0 radical (unpaired) electrons. The van der Waals surface area contributed by atoms with Crippen molar-refractivity contribution < 1.29 is 11.8 Å². The van der Waals surface area contributed by atoms with Crippen LogP contribution in [0.15, 0.2) is 51.8 Å². The van der Waals surface area contributed by atoms with E-state index in [-0.39, 0.29) is 24.8 Å². The van der Waals surface area contributed by atoms with Crippen molar-refractivity contribution in [1.82, 2.24) is 0 Å². The predicted octanol–water partition coefficient (Wildman–Crippen LogP) is 6.37. The predicted molar refractivity (Wildman–Crippen MR) is 110 cm³/mol. The van der Waals surface area contributed by atoms with E-state index in [1.54, 1.807) is 0 Å². The molecule has 128 valence electrons. The third-order valence-electron chi connectivity index (χ3n) is 4.90. The van der Waals surface area contributed by atoms with E-state index in [1.165, 1.54) is 8.97 Å². The van der Waals surface area contributed by atoms with Gasteiger partial charge in [-0.05, 0) is 0 Å². The normalized spacial score (nSPS) is 23.5. The number of allylic oxidation sites excluding steroid dienone is 4. The van der Waals surface area contributed by atoms with Gasteiger partial charge in [-0.2, -0.15) is 0 Å². The van der Waals surface area contributed by atoms with Crippen LogP contribution in [0.4, 0.5) is 5.69 Å². The minimum atomic E-state index is -5.09. The van der Waals surface area contributed by atoms with Crippen LogP contribution in [-0.2, 0) is 11.8 Å². The molecule has 0 aromatic heterocycles. The van der Waals surface area contributed by atoms with Crippen LogP contribution in [0.3, 0.4) is 0 Å². The van der Waals surface area contributed by atoms with Gasteiger partial charge in [0.15, 0.2) is 0 Å². The van der Waals surface area contributed by atoms with Crippen molar-refractivity contribution in [2.45, 2.75) is 34.2 Å². The molecule has 1 aliphatic carbocycles. The maximum absolute atomic E-state index is 5.09. The van der Waals surface area contributed by atoms with Crippen LogP contribution in [0.2, 0.25) is 27.8 Å². The Hall–Kier alpha value is 0.180. The first kappa shape index (κ1) is 22.2. The average Bonchev–Trinajstić information content (AvgIpc) is 2.68. The van der Waals surface area contributed by atoms with Crippen LogP contribution in [0.5, 0.6) is 0 Å². The fourth-order valence-corrected chi connectivity index (χ4v) is 19.2. The van der Waals surface area contributed by atoms with E-state index >= 15 is 0 Å². The quantitative estimate of drug-likeness (QED) is 0.537. The summed E-state index contributed by atoms with van der Waals surface area (Å²) in [6.07, 6.45) is 7.83. The first-order chi connectivity index (χ1) is 8.30. The molecule has 0 amide bonds. The van der Waals surface area contributed by atoms with Crippen molar-refractivity contribution >= 4 is 37.4 Å². The molecule has 0 saturated heterocycles. The van der Waals surface area contributed by atoms with Gasteiger partial charge in [0.05, 0.1) is 0 Å². The molecule has 5 heteroatoms. The number of benzene rings is 1. The topological polar surface area (TPSA) is 12.0 Å². The van der Waals surface area contributed by atoms with Gasteiger partial charge in [-0.25, -0.2) is 0 Å². The molecule has 2 rings (SSSR count). The standard InChI is InChI=1S/C6H6N.C5H5.6CH3.2ClH.H2Si.Zr/c7-6-4-2-1-3-5-6;1-2-4-5-3-1;;;;;;;;;;/h1-5,7H;1-3H,4H2;6*1H3;2*1H;1H2;/q-1;;;;;;;;;;;+1. The van der Waals surface area contributed by atoms with Crippen molar-refractivity contribution in [3.05, 3.63) is 51.8 Å². The Morgan fingerprint density at radius 2 is 1.41 bits per heavy atom. The Balaban J connectivity index is 0.00000220. The summed E-state index contributed by atoms with van der Waals surface area (Å²) < 4.78 is 20.6. The first-order valence-corrected chi connectivity index (χ1v) is 30.9. The Morgan fingerprint density at radius 3 is 1.82 bits per heavy atom. The molecule has 0 atom stereocenters. The van der Waals surface area contributed by atoms with Crippen LogP contribution >= 0.6 is 24.8 Å². The molecule has 0 heterocycles. The third-order valence-corrected chi connectivity index (χ3v) is 26.1. The summed E-state index contributed by atoms with van der Waals surface area (Å²) in [5.41, 5.74) is 1.20. The summed E-state index contributed by atoms with van der Waals surface area (Å²) in [5, 5.41) is 0. The molecule has 1 aliphatic rings. The van der Waals surface area contributed by atoms with E-state index < -0.39 is 11.8 Å². The van der Waals surface area contributed by atoms with Gasteiger partial charge in [-0.3, -0.25) is 0 Å². The monoisotopic (exact) mass is 439 g/mol. The van der Waals surface area contributed by atoms with E-state index in [1.807, 2.05) is 0 Å². The summed E-state index contributed by atoms with van der Waals surface area (Å²) in [7, 11) is 0. The number of hydrogen-bond acceptors (Lipinski definition) is 1. The summed E-state index contributed by atoms with van der Waals surface area (Å²) in [6, 6.07) is 10.6. The second kappa shape index (κ2) is 3.17.